The van der Waals surface area contributed by atoms with Crippen LogP contribution in [0.5, 0.6) is 11.5 Å². The highest BCUT2D eigenvalue weighted by Crippen LogP contribution is 2.26. The number of carbonyl (C=O) groups excluding carboxylic acids is 1. The molecule has 5 nitrogen and oxygen atoms in total. The lowest BCUT2D eigenvalue weighted by atomic mass is 10.1. The van der Waals surface area contributed by atoms with E-state index in [0.29, 0.717) is 31.0 Å². The number of hydrogen-bond acceptors (Lipinski definition) is 4. The average molecular weight is 294 g/mol. The first-order chi connectivity index (χ1) is 10.0. The van der Waals surface area contributed by atoms with Gasteiger partial charge in [-0.25, -0.2) is 0 Å². The highest BCUT2D eigenvalue weighted by Gasteiger charge is 2.13. The third-order valence-corrected chi connectivity index (χ3v) is 3.28. The molecule has 21 heavy (non-hydrogen) atoms. The summed E-state index contributed by atoms with van der Waals surface area (Å²) >= 11 is 0. The SMILES string of the molecule is CCN(CC)C(=O)COc1cc(OC)ccc1CC(C)N. The number of nitrogens with zero attached hydrogens (tertiary/aromatic N) is 1. The van der Waals surface area contributed by atoms with E-state index in [1.54, 1.807) is 18.1 Å². The van der Waals surface area contributed by atoms with Gasteiger partial charge in [0.15, 0.2) is 6.61 Å². The van der Waals surface area contributed by atoms with Crippen molar-refractivity contribution in [1.29, 1.82) is 0 Å². The summed E-state index contributed by atoms with van der Waals surface area (Å²) in [5.41, 5.74) is 6.83. The summed E-state index contributed by atoms with van der Waals surface area (Å²) in [6, 6.07) is 5.63. The van der Waals surface area contributed by atoms with E-state index in [9.17, 15) is 4.79 Å². The van der Waals surface area contributed by atoms with Crippen molar-refractivity contribution in [2.45, 2.75) is 33.2 Å². The maximum atomic E-state index is 12.0. The van der Waals surface area contributed by atoms with Gasteiger partial charge in [0, 0.05) is 25.2 Å². The van der Waals surface area contributed by atoms with Crippen LogP contribution in [-0.4, -0.2) is 43.7 Å². The summed E-state index contributed by atoms with van der Waals surface area (Å²) in [7, 11) is 1.60. The van der Waals surface area contributed by atoms with Crippen LogP contribution in [0, 0.1) is 0 Å². The van der Waals surface area contributed by atoms with Crippen molar-refractivity contribution in [2.24, 2.45) is 5.73 Å². The Bertz CT molecular complexity index is 457. The van der Waals surface area contributed by atoms with E-state index in [1.807, 2.05) is 32.9 Å². The van der Waals surface area contributed by atoms with Crippen molar-refractivity contribution in [2.75, 3.05) is 26.8 Å². The van der Waals surface area contributed by atoms with Crippen molar-refractivity contribution < 1.29 is 14.3 Å². The quantitative estimate of drug-likeness (QED) is 0.794. The molecule has 0 saturated carbocycles. The normalized spacial score (nSPS) is 11.9. The van der Waals surface area contributed by atoms with Gasteiger partial charge < -0.3 is 20.1 Å². The van der Waals surface area contributed by atoms with Gasteiger partial charge in [0.25, 0.3) is 5.91 Å². The fraction of sp³-hybridized carbons (Fsp3) is 0.562. The van der Waals surface area contributed by atoms with Crippen LogP contribution >= 0.6 is 0 Å². The molecule has 0 bridgehead atoms. The maximum Gasteiger partial charge on any atom is 0.260 e. The minimum Gasteiger partial charge on any atom is -0.497 e. The molecule has 0 heterocycles. The van der Waals surface area contributed by atoms with E-state index in [-0.39, 0.29) is 18.6 Å². The molecule has 0 radical (unpaired) electrons. The number of ether oxygens (including phenoxy) is 2. The zero-order chi connectivity index (χ0) is 15.8. The Morgan fingerprint density at radius 1 is 1.33 bits per heavy atom. The molecule has 1 unspecified atom stereocenters. The summed E-state index contributed by atoms with van der Waals surface area (Å²) < 4.78 is 10.9. The topological polar surface area (TPSA) is 64.8 Å². The lowest BCUT2D eigenvalue weighted by molar-refractivity contribution is -0.132. The number of rotatable bonds is 8. The lowest BCUT2D eigenvalue weighted by Gasteiger charge is -2.20. The van der Waals surface area contributed by atoms with Crippen molar-refractivity contribution >= 4 is 5.91 Å². The summed E-state index contributed by atoms with van der Waals surface area (Å²) in [5.74, 6) is 1.34. The third-order valence-electron chi connectivity index (χ3n) is 3.28. The molecule has 1 amide bonds. The number of benzene rings is 1. The van der Waals surface area contributed by atoms with Crippen molar-refractivity contribution in [3.63, 3.8) is 0 Å². The number of nitrogens with two attached hydrogens (primary N) is 1. The zero-order valence-corrected chi connectivity index (χ0v) is 13.4. The Hall–Kier alpha value is -1.75. The van der Waals surface area contributed by atoms with E-state index in [0.717, 1.165) is 5.56 Å². The van der Waals surface area contributed by atoms with Crippen LogP contribution in [0.15, 0.2) is 18.2 Å². The fourth-order valence-corrected chi connectivity index (χ4v) is 2.12. The van der Waals surface area contributed by atoms with Gasteiger partial charge in [-0.05, 0) is 38.8 Å². The van der Waals surface area contributed by atoms with Gasteiger partial charge >= 0.3 is 0 Å². The molecule has 0 aliphatic rings. The van der Waals surface area contributed by atoms with E-state index in [2.05, 4.69) is 0 Å². The largest absolute Gasteiger partial charge is 0.497 e. The van der Waals surface area contributed by atoms with Crippen LogP contribution in [0.4, 0.5) is 0 Å². The molecular formula is C16H26N2O3. The highest BCUT2D eigenvalue weighted by atomic mass is 16.5. The summed E-state index contributed by atoms with van der Waals surface area (Å²) in [6.45, 7) is 7.24. The van der Waals surface area contributed by atoms with Crippen molar-refractivity contribution in [1.82, 2.24) is 4.90 Å². The van der Waals surface area contributed by atoms with Gasteiger partial charge in [-0.2, -0.15) is 0 Å². The average Bonchev–Trinajstić information content (AvgIpc) is 2.47. The smallest absolute Gasteiger partial charge is 0.260 e. The highest BCUT2D eigenvalue weighted by molar-refractivity contribution is 5.77. The number of carbonyl (C=O) groups is 1. The fourth-order valence-electron chi connectivity index (χ4n) is 2.12. The number of hydrogen-bond donors (Lipinski definition) is 1. The van der Waals surface area contributed by atoms with Crippen LogP contribution in [0.3, 0.4) is 0 Å². The van der Waals surface area contributed by atoms with Crippen molar-refractivity contribution in [3.8, 4) is 11.5 Å². The molecule has 1 atom stereocenters. The standard InChI is InChI=1S/C16H26N2O3/c1-5-18(6-2)16(19)11-21-15-10-14(20-4)8-7-13(15)9-12(3)17/h7-8,10,12H,5-6,9,11,17H2,1-4H3. The Labute approximate surface area is 127 Å². The Morgan fingerprint density at radius 3 is 2.52 bits per heavy atom. The van der Waals surface area contributed by atoms with E-state index >= 15 is 0 Å². The Balaban J connectivity index is 2.81. The molecule has 0 aliphatic heterocycles. The minimum absolute atomic E-state index is 0.0189. The first-order valence-corrected chi connectivity index (χ1v) is 7.34. The first-order valence-electron chi connectivity index (χ1n) is 7.34. The zero-order valence-electron chi connectivity index (χ0n) is 13.4. The molecule has 118 valence electrons. The molecule has 1 rings (SSSR count). The van der Waals surface area contributed by atoms with Gasteiger partial charge in [-0.15, -0.1) is 0 Å². The number of methoxy groups -OCH3 is 1. The molecule has 0 saturated heterocycles. The summed E-state index contributed by atoms with van der Waals surface area (Å²) in [4.78, 5) is 13.8. The molecular weight excluding hydrogens is 268 g/mol. The number of likely N-dealkylation sites (N-methyl/N-ethyl adjacent to an activating group) is 1. The molecule has 0 fully saturated rings. The van der Waals surface area contributed by atoms with E-state index < -0.39 is 0 Å². The second-order valence-electron chi connectivity index (χ2n) is 5.01. The molecule has 2 N–H and O–H groups in total. The van der Waals surface area contributed by atoms with Gasteiger partial charge in [0.2, 0.25) is 0 Å². The Morgan fingerprint density at radius 2 is 2.00 bits per heavy atom. The molecule has 0 aromatic heterocycles. The van der Waals surface area contributed by atoms with Gasteiger partial charge in [-0.1, -0.05) is 6.07 Å². The van der Waals surface area contributed by atoms with E-state index in [1.165, 1.54) is 0 Å². The second-order valence-corrected chi connectivity index (χ2v) is 5.01. The van der Waals surface area contributed by atoms with Crippen LogP contribution in [0.25, 0.3) is 0 Å². The van der Waals surface area contributed by atoms with Crippen LogP contribution < -0.4 is 15.2 Å². The van der Waals surface area contributed by atoms with Crippen LogP contribution in [-0.2, 0) is 11.2 Å². The third kappa shape index (κ3) is 5.27. The predicted octanol–water partition coefficient (Wildman–Crippen LogP) is 1.83. The monoisotopic (exact) mass is 294 g/mol. The van der Waals surface area contributed by atoms with Gasteiger partial charge in [0.05, 0.1) is 7.11 Å². The maximum absolute atomic E-state index is 12.0. The van der Waals surface area contributed by atoms with Crippen LogP contribution in [0.2, 0.25) is 0 Å². The van der Waals surface area contributed by atoms with E-state index in [4.69, 9.17) is 15.2 Å². The first kappa shape index (κ1) is 17.3. The lowest BCUT2D eigenvalue weighted by Crippen LogP contribution is -2.34. The molecule has 5 heteroatoms. The summed E-state index contributed by atoms with van der Waals surface area (Å²) in [5, 5.41) is 0. The second kappa shape index (κ2) is 8.52. The molecule has 0 aliphatic carbocycles. The molecule has 1 aromatic carbocycles. The molecule has 1 aromatic rings. The Kier molecular flexibility index (Phi) is 7.02. The van der Waals surface area contributed by atoms with Crippen molar-refractivity contribution in [3.05, 3.63) is 23.8 Å². The minimum atomic E-state index is -0.0189. The van der Waals surface area contributed by atoms with Gasteiger partial charge in [0.1, 0.15) is 11.5 Å². The predicted molar refractivity (Wildman–Crippen MR) is 83.8 cm³/mol. The summed E-state index contributed by atoms with van der Waals surface area (Å²) in [6.07, 6.45) is 0.693. The van der Waals surface area contributed by atoms with Gasteiger partial charge in [-0.3, -0.25) is 4.79 Å². The number of amides is 1. The van der Waals surface area contributed by atoms with Crippen LogP contribution in [0.1, 0.15) is 26.3 Å². The molecule has 0 spiro atoms.